The van der Waals surface area contributed by atoms with Crippen LogP contribution < -0.4 is 0 Å². The smallest absolute Gasteiger partial charge is 0.342 e. The third-order valence-corrected chi connectivity index (χ3v) is 4.94. The number of halogens is 2. The molecule has 0 radical (unpaired) electrons. The summed E-state index contributed by atoms with van der Waals surface area (Å²) in [6.45, 7) is 0. The van der Waals surface area contributed by atoms with E-state index in [9.17, 15) is 9.90 Å². The minimum Gasteiger partial charge on any atom is -0.477 e. The number of nitrogens with zero attached hydrogens (tertiary/aromatic N) is 2. The molecule has 0 bridgehead atoms. The van der Waals surface area contributed by atoms with Crippen LogP contribution in [0.2, 0.25) is 5.02 Å². The van der Waals surface area contributed by atoms with Crippen LogP contribution in [0.3, 0.4) is 0 Å². The van der Waals surface area contributed by atoms with Gasteiger partial charge in [0.2, 0.25) is 5.16 Å². The summed E-state index contributed by atoms with van der Waals surface area (Å²) >= 11 is 9.05. The summed E-state index contributed by atoms with van der Waals surface area (Å²) in [6.07, 6.45) is 1.60. The molecular weight excluding hydrogens is 473 g/mol. The summed E-state index contributed by atoms with van der Waals surface area (Å²) in [6, 6.07) is 14.7. The number of hydrogen-bond donors (Lipinski definition) is 2. The number of thioether (sulfide) groups is 1. The SMILES string of the molecule is O=C(O)/C(=C/c1cccc(I)c1)Sc1n[nH]c(-c2ccc(Cl)cc2)n1. The Morgan fingerprint density at radius 2 is 2.00 bits per heavy atom. The van der Waals surface area contributed by atoms with Crippen LogP contribution in [0.4, 0.5) is 0 Å². The average Bonchev–Trinajstić information content (AvgIpc) is 3.03. The molecule has 126 valence electrons. The molecule has 3 rings (SSSR count). The molecule has 0 saturated heterocycles. The zero-order valence-electron chi connectivity index (χ0n) is 12.6. The minimum atomic E-state index is -1.03. The average molecular weight is 484 g/mol. The van der Waals surface area contributed by atoms with Gasteiger partial charge in [0.25, 0.3) is 0 Å². The number of carboxylic acid groups (broad SMARTS) is 1. The molecule has 1 heterocycles. The molecule has 0 unspecified atom stereocenters. The molecule has 1 aromatic heterocycles. The van der Waals surface area contributed by atoms with E-state index in [1.54, 1.807) is 18.2 Å². The lowest BCUT2D eigenvalue weighted by Gasteiger charge is -2.00. The van der Waals surface area contributed by atoms with Crippen LogP contribution >= 0.6 is 46.0 Å². The van der Waals surface area contributed by atoms with Crippen LogP contribution in [0.5, 0.6) is 0 Å². The first-order valence-corrected chi connectivity index (χ1v) is 9.35. The van der Waals surface area contributed by atoms with Crippen molar-refractivity contribution in [2.75, 3.05) is 0 Å². The number of aromatic amines is 1. The number of carboxylic acids is 1. The molecule has 25 heavy (non-hydrogen) atoms. The van der Waals surface area contributed by atoms with Gasteiger partial charge in [-0.15, -0.1) is 5.10 Å². The molecular formula is C17H11ClIN3O2S. The molecule has 8 heteroatoms. The lowest BCUT2D eigenvalue weighted by molar-refractivity contribution is -0.131. The van der Waals surface area contributed by atoms with Crippen molar-refractivity contribution in [1.29, 1.82) is 0 Å². The topological polar surface area (TPSA) is 78.9 Å². The van der Waals surface area contributed by atoms with E-state index in [-0.39, 0.29) is 4.91 Å². The summed E-state index contributed by atoms with van der Waals surface area (Å²) in [4.78, 5) is 16.0. The zero-order valence-corrected chi connectivity index (χ0v) is 16.3. The number of aromatic nitrogens is 3. The first-order valence-electron chi connectivity index (χ1n) is 7.08. The van der Waals surface area contributed by atoms with Gasteiger partial charge in [-0.05, 0) is 82.4 Å². The van der Waals surface area contributed by atoms with Crippen molar-refractivity contribution in [2.24, 2.45) is 0 Å². The zero-order chi connectivity index (χ0) is 17.8. The van der Waals surface area contributed by atoms with Gasteiger partial charge in [-0.1, -0.05) is 23.7 Å². The van der Waals surface area contributed by atoms with Crippen LogP contribution in [-0.2, 0) is 4.79 Å². The maximum Gasteiger partial charge on any atom is 0.342 e. The molecule has 0 spiro atoms. The van der Waals surface area contributed by atoms with E-state index in [0.29, 0.717) is 16.0 Å². The predicted molar refractivity (Wildman–Crippen MR) is 107 cm³/mol. The van der Waals surface area contributed by atoms with Crippen LogP contribution in [0, 0.1) is 3.57 Å². The number of nitrogens with one attached hydrogen (secondary N) is 1. The van der Waals surface area contributed by atoms with Gasteiger partial charge in [-0.3, -0.25) is 5.10 Å². The van der Waals surface area contributed by atoms with E-state index in [4.69, 9.17) is 11.6 Å². The Kier molecular flexibility index (Phi) is 5.77. The summed E-state index contributed by atoms with van der Waals surface area (Å²) in [5.74, 6) is -0.472. The first-order chi connectivity index (χ1) is 12.0. The fraction of sp³-hybridized carbons (Fsp3) is 0. The van der Waals surface area contributed by atoms with Gasteiger partial charge < -0.3 is 5.11 Å². The first kappa shape index (κ1) is 18.0. The Hall–Kier alpha value is -1.84. The van der Waals surface area contributed by atoms with Crippen molar-refractivity contribution in [2.45, 2.75) is 5.16 Å². The molecule has 3 aromatic rings. The monoisotopic (exact) mass is 483 g/mol. The van der Waals surface area contributed by atoms with Gasteiger partial charge in [0, 0.05) is 14.2 Å². The predicted octanol–water partition coefficient (Wildman–Crippen LogP) is 4.95. The molecule has 2 N–H and O–H groups in total. The summed E-state index contributed by atoms with van der Waals surface area (Å²) in [5, 5.41) is 17.3. The van der Waals surface area contributed by atoms with Gasteiger partial charge in [-0.2, -0.15) is 0 Å². The molecule has 0 atom stereocenters. The van der Waals surface area contributed by atoms with E-state index in [1.165, 1.54) is 0 Å². The van der Waals surface area contributed by atoms with Crippen LogP contribution in [-0.4, -0.2) is 26.3 Å². The Labute approximate surface area is 166 Å². The molecule has 0 amide bonds. The fourth-order valence-electron chi connectivity index (χ4n) is 2.01. The lowest BCUT2D eigenvalue weighted by Crippen LogP contribution is -1.97. The number of aliphatic carboxylic acids is 1. The van der Waals surface area contributed by atoms with E-state index < -0.39 is 5.97 Å². The summed E-state index contributed by atoms with van der Waals surface area (Å²) < 4.78 is 1.03. The maximum atomic E-state index is 11.5. The normalized spacial score (nSPS) is 11.5. The summed E-state index contributed by atoms with van der Waals surface area (Å²) in [5.41, 5.74) is 1.63. The molecule has 2 aromatic carbocycles. The number of carbonyl (C=O) groups is 1. The van der Waals surface area contributed by atoms with Gasteiger partial charge in [0.1, 0.15) is 4.91 Å². The highest BCUT2D eigenvalue weighted by molar-refractivity contribution is 14.1. The van der Waals surface area contributed by atoms with E-state index in [2.05, 4.69) is 37.8 Å². The number of benzene rings is 2. The molecule has 0 aliphatic heterocycles. The molecule has 0 fully saturated rings. The minimum absolute atomic E-state index is 0.142. The van der Waals surface area contributed by atoms with Crippen LogP contribution in [0.1, 0.15) is 5.56 Å². The second-order valence-corrected chi connectivity index (χ2v) is 7.64. The standard InChI is InChI=1S/C17H11ClIN3O2S/c18-12-6-4-11(5-7-12)15-20-17(22-21-15)25-14(16(23)24)9-10-2-1-3-13(19)8-10/h1-9H,(H,23,24)(H,20,21,22)/b14-9-. The highest BCUT2D eigenvalue weighted by Gasteiger charge is 2.14. The Bertz CT molecular complexity index is 941. The van der Waals surface area contributed by atoms with Crippen molar-refractivity contribution >= 4 is 58.0 Å². The highest BCUT2D eigenvalue weighted by atomic mass is 127. The van der Waals surface area contributed by atoms with Crippen molar-refractivity contribution in [3.8, 4) is 11.4 Å². The molecule has 0 aliphatic carbocycles. The van der Waals surface area contributed by atoms with E-state index >= 15 is 0 Å². The Morgan fingerprint density at radius 1 is 1.24 bits per heavy atom. The second kappa shape index (κ2) is 8.03. The number of H-pyrrole nitrogens is 1. The van der Waals surface area contributed by atoms with Crippen molar-refractivity contribution < 1.29 is 9.90 Å². The quantitative estimate of drug-likeness (QED) is 0.305. The second-order valence-electron chi connectivity index (χ2n) is 4.94. The fourth-order valence-corrected chi connectivity index (χ4v) is 3.41. The van der Waals surface area contributed by atoms with E-state index in [0.717, 1.165) is 26.5 Å². The van der Waals surface area contributed by atoms with Gasteiger partial charge in [-0.25, -0.2) is 9.78 Å². The number of rotatable bonds is 5. The van der Waals surface area contributed by atoms with Gasteiger partial charge in [0.05, 0.1) is 0 Å². The Balaban J connectivity index is 1.84. The van der Waals surface area contributed by atoms with Crippen molar-refractivity contribution in [3.05, 3.63) is 67.6 Å². The van der Waals surface area contributed by atoms with Crippen molar-refractivity contribution in [3.63, 3.8) is 0 Å². The molecule has 0 aliphatic rings. The molecule has 5 nitrogen and oxygen atoms in total. The van der Waals surface area contributed by atoms with Crippen molar-refractivity contribution in [1.82, 2.24) is 15.2 Å². The summed E-state index contributed by atoms with van der Waals surface area (Å²) in [7, 11) is 0. The van der Waals surface area contributed by atoms with Gasteiger partial charge >= 0.3 is 5.97 Å². The third kappa shape index (κ3) is 4.83. The Morgan fingerprint density at radius 3 is 2.68 bits per heavy atom. The van der Waals surface area contributed by atoms with E-state index in [1.807, 2.05) is 36.4 Å². The highest BCUT2D eigenvalue weighted by Crippen LogP contribution is 2.28. The maximum absolute atomic E-state index is 11.5. The van der Waals surface area contributed by atoms with Crippen LogP contribution in [0.15, 0.2) is 58.6 Å². The number of hydrogen-bond acceptors (Lipinski definition) is 4. The third-order valence-electron chi connectivity index (χ3n) is 3.14. The molecule has 0 saturated carbocycles. The van der Waals surface area contributed by atoms with Gasteiger partial charge in [0.15, 0.2) is 5.82 Å². The van der Waals surface area contributed by atoms with Crippen LogP contribution in [0.25, 0.3) is 17.5 Å². The lowest BCUT2D eigenvalue weighted by atomic mass is 10.2. The largest absolute Gasteiger partial charge is 0.477 e.